The summed E-state index contributed by atoms with van der Waals surface area (Å²) in [4.78, 5) is 7.83. The second-order valence-electron chi connectivity index (χ2n) is 19.4. The molecule has 4 nitrogen and oxygen atoms in total. The van der Waals surface area contributed by atoms with Gasteiger partial charge in [-0.3, -0.25) is 0 Å². The van der Waals surface area contributed by atoms with Crippen molar-refractivity contribution in [3.8, 4) is 0 Å². The molecule has 3 aliphatic heterocycles. The Labute approximate surface area is 354 Å². The van der Waals surface area contributed by atoms with Crippen LogP contribution < -0.4 is 31.1 Å². The van der Waals surface area contributed by atoms with Gasteiger partial charge in [-0.1, -0.05) is 113 Å². The van der Waals surface area contributed by atoms with Gasteiger partial charge < -0.3 is 19.1 Å². The Bertz CT molecular complexity index is 3020. The predicted octanol–water partition coefficient (Wildman–Crippen LogP) is 13.0. The van der Waals surface area contributed by atoms with Crippen molar-refractivity contribution >= 4 is 90.5 Å². The molecule has 2 unspecified atom stereocenters. The minimum Gasteiger partial charge on any atom is -0.456 e. The lowest BCUT2D eigenvalue weighted by Crippen LogP contribution is -2.64. The number of aryl methyl sites for hydroxylation is 1. The van der Waals surface area contributed by atoms with Gasteiger partial charge in [0.2, 0.25) is 0 Å². The van der Waals surface area contributed by atoms with Gasteiger partial charge in [-0.2, -0.15) is 0 Å². The molecule has 0 radical (unpaired) electrons. The molecule has 0 N–H and O–H groups in total. The minimum atomic E-state index is -0.0408. The van der Waals surface area contributed by atoms with Crippen LogP contribution in [0.5, 0.6) is 0 Å². The molecule has 0 amide bonds. The molecule has 1 aromatic heterocycles. The average Bonchev–Trinajstić information content (AvgIpc) is 3.72. The molecule has 0 saturated heterocycles. The summed E-state index contributed by atoms with van der Waals surface area (Å²) in [6.45, 7) is 14.7. The minimum absolute atomic E-state index is 0.00119. The van der Waals surface area contributed by atoms with E-state index in [1.165, 1.54) is 75.9 Å². The normalized spacial score (nSPS) is 19.9. The smallest absolute Gasteiger partial charge is 0.252 e. The fourth-order valence-electron chi connectivity index (χ4n) is 11.8. The van der Waals surface area contributed by atoms with Gasteiger partial charge in [-0.25, -0.2) is 0 Å². The Hall–Kier alpha value is -6.20. The van der Waals surface area contributed by atoms with E-state index in [1.54, 1.807) is 5.56 Å². The third-order valence-corrected chi connectivity index (χ3v) is 14.9. The number of benzene rings is 7. The predicted molar refractivity (Wildman–Crippen MR) is 254 cm³/mol. The van der Waals surface area contributed by atoms with E-state index < -0.39 is 0 Å². The number of para-hydroxylation sites is 3. The number of anilines is 8. The Morgan fingerprint density at radius 2 is 1.30 bits per heavy atom. The van der Waals surface area contributed by atoms with Crippen LogP contribution in [-0.2, 0) is 10.8 Å². The van der Waals surface area contributed by atoms with Crippen LogP contribution in [0, 0.1) is 6.92 Å². The molecule has 0 bridgehead atoms. The Morgan fingerprint density at radius 3 is 2.05 bits per heavy atom. The largest absolute Gasteiger partial charge is 0.456 e. The molecule has 7 aromatic carbocycles. The molecular formula is C55H50BN3O. The summed E-state index contributed by atoms with van der Waals surface area (Å²) in [6, 6.07) is 54.3. The van der Waals surface area contributed by atoms with E-state index in [9.17, 15) is 0 Å². The van der Waals surface area contributed by atoms with E-state index in [2.05, 4.69) is 202 Å². The third kappa shape index (κ3) is 4.81. The van der Waals surface area contributed by atoms with Gasteiger partial charge >= 0.3 is 0 Å². The Kier molecular flexibility index (Phi) is 7.40. The van der Waals surface area contributed by atoms with Crippen molar-refractivity contribution in [1.82, 2.24) is 0 Å². The zero-order valence-corrected chi connectivity index (χ0v) is 35.5. The zero-order valence-electron chi connectivity index (χ0n) is 35.5. The van der Waals surface area contributed by atoms with E-state index in [0.717, 1.165) is 44.7 Å². The Balaban J connectivity index is 1.19. The fraction of sp³-hybridized carbons (Fsp3) is 0.236. The fourth-order valence-corrected chi connectivity index (χ4v) is 11.8. The van der Waals surface area contributed by atoms with Crippen LogP contribution in [0.3, 0.4) is 0 Å². The molecule has 1 saturated carbocycles. The zero-order chi connectivity index (χ0) is 40.7. The molecule has 294 valence electrons. The Morgan fingerprint density at radius 1 is 0.617 bits per heavy atom. The van der Waals surface area contributed by atoms with Crippen LogP contribution in [0.1, 0.15) is 77.0 Å². The van der Waals surface area contributed by atoms with E-state index in [4.69, 9.17) is 4.42 Å². The van der Waals surface area contributed by atoms with Crippen LogP contribution in [0.4, 0.5) is 45.5 Å². The first kappa shape index (κ1) is 35.7. The second kappa shape index (κ2) is 12.4. The maximum absolute atomic E-state index is 6.42. The summed E-state index contributed by atoms with van der Waals surface area (Å²) in [5.74, 6) is 0. The highest BCUT2D eigenvalue weighted by Gasteiger charge is 2.61. The van der Waals surface area contributed by atoms with Gasteiger partial charge in [0.05, 0.1) is 5.54 Å². The lowest BCUT2D eigenvalue weighted by atomic mass is 9.33. The SMILES string of the molecule is Cc1cc2c3c(c1)N1c4c(cc(C(C)(C)C)cc4C4(C)CCCCC14C)B3c1ccc(N(c3ccccc3)c3ccccc3)cc1N2c1ccc2oc3ccccc3c2c1. The molecule has 1 fully saturated rings. The van der Waals surface area contributed by atoms with E-state index >= 15 is 0 Å². The lowest BCUT2D eigenvalue weighted by molar-refractivity contribution is 0.195. The van der Waals surface area contributed by atoms with Crippen LogP contribution in [0.15, 0.2) is 150 Å². The summed E-state index contributed by atoms with van der Waals surface area (Å²) >= 11 is 0. The number of furan rings is 1. The van der Waals surface area contributed by atoms with Crippen molar-refractivity contribution in [2.75, 3.05) is 14.7 Å². The number of fused-ring (bicyclic) bond motifs is 10. The molecule has 4 aliphatic rings. The molecular weight excluding hydrogens is 729 g/mol. The van der Waals surface area contributed by atoms with Gasteiger partial charge in [0.25, 0.3) is 6.71 Å². The molecule has 2 atom stereocenters. The molecule has 5 heteroatoms. The maximum atomic E-state index is 6.42. The van der Waals surface area contributed by atoms with Crippen molar-refractivity contribution in [2.24, 2.45) is 0 Å². The highest BCUT2D eigenvalue weighted by atomic mass is 16.3. The van der Waals surface area contributed by atoms with Crippen molar-refractivity contribution in [3.63, 3.8) is 0 Å². The third-order valence-electron chi connectivity index (χ3n) is 14.9. The van der Waals surface area contributed by atoms with Gasteiger partial charge in [0, 0.05) is 61.7 Å². The lowest BCUT2D eigenvalue weighted by Gasteiger charge is -2.52. The second-order valence-corrected chi connectivity index (χ2v) is 19.4. The van der Waals surface area contributed by atoms with Crippen LogP contribution in [-0.4, -0.2) is 12.3 Å². The molecule has 4 heterocycles. The molecule has 8 aromatic rings. The van der Waals surface area contributed by atoms with Crippen LogP contribution >= 0.6 is 0 Å². The maximum Gasteiger partial charge on any atom is 0.252 e. The first-order valence-corrected chi connectivity index (χ1v) is 21.9. The van der Waals surface area contributed by atoms with Crippen molar-refractivity contribution in [1.29, 1.82) is 0 Å². The monoisotopic (exact) mass is 779 g/mol. The summed E-state index contributed by atoms with van der Waals surface area (Å²) in [5, 5.41) is 2.27. The molecule has 1 aliphatic carbocycles. The van der Waals surface area contributed by atoms with Gasteiger partial charge in [-0.15, -0.1) is 0 Å². The standard InChI is InChI=1S/C55H50BN3O/c1-35-29-47-51-48(30-35)59-52-43(54(5)27-15-16-28-55(54,59)6)31-36(53(2,3)4)32-45(52)56(51)44-25-23-40(57(37-17-9-7-10-18-37)38-19-11-8-12-20-38)34-46(44)58(47)39-24-26-50-42(33-39)41-21-13-14-22-49(41)60-50/h7-14,17-26,29-34H,15-16,27-28H2,1-6H3. The van der Waals surface area contributed by atoms with Crippen molar-refractivity contribution < 1.29 is 4.42 Å². The highest BCUT2D eigenvalue weighted by Crippen LogP contribution is 2.62. The summed E-state index contributed by atoms with van der Waals surface area (Å²) in [5.41, 5.74) is 20.1. The van der Waals surface area contributed by atoms with E-state index in [-0.39, 0.29) is 23.1 Å². The van der Waals surface area contributed by atoms with Crippen molar-refractivity contribution in [3.05, 3.63) is 162 Å². The van der Waals surface area contributed by atoms with E-state index in [1.807, 2.05) is 0 Å². The molecule has 60 heavy (non-hydrogen) atoms. The first-order valence-electron chi connectivity index (χ1n) is 21.9. The quantitative estimate of drug-likeness (QED) is 0.166. The van der Waals surface area contributed by atoms with Gasteiger partial charge in [0.15, 0.2) is 0 Å². The van der Waals surface area contributed by atoms with Gasteiger partial charge in [0.1, 0.15) is 11.2 Å². The van der Waals surface area contributed by atoms with Crippen LogP contribution in [0.25, 0.3) is 21.9 Å². The number of hydrogen-bond acceptors (Lipinski definition) is 4. The average molecular weight is 780 g/mol. The topological polar surface area (TPSA) is 22.9 Å². The number of nitrogens with zero attached hydrogens (tertiary/aromatic N) is 3. The van der Waals surface area contributed by atoms with E-state index in [0.29, 0.717) is 0 Å². The molecule has 0 spiro atoms. The molecule has 12 rings (SSSR count). The van der Waals surface area contributed by atoms with Crippen LogP contribution in [0.2, 0.25) is 0 Å². The highest BCUT2D eigenvalue weighted by molar-refractivity contribution is 7.00. The summed E-state index contributed by atoms with van der Waals surface area (Å²) in [6.07, 6.45) is 4.91. The van der Waals surface area contributed by atoms with Gasteiger partial charge in [-0.05, 0) is 138 Å². The number of rotatable bonds is 4. The number of hydrogen-bond donors (Lipinski definition) is 0. The summed E-state index contributed by atoms with van der Waals surface area (Å²) in [7, 11) is 0. The first-order chi connectivity index (χ1) is 29.0. The van der Waals surface area contributed by atoms with Crippen molar-refractivity contribution in [2.45, 2.75) is 83.6 Å². The summed E-state index contributed by atoms with van der Waals surface area (Å²) < 4.78 is 6.42.